The molecule has 5 nitrogen and oxygen atoms in total. The zero-order valence-electron chi connectivity index (χ0n) is 12.7. The van der Waals surface area contributed by atoms with Crippen molar-refractivity contribution in [2.24, 2.45) is 0 Å². The molecule has 5 heteroatoms. The maximum Gasteiger partial charge on any atom is 0.0881 e. The van der Waals surface area contributed by atoms with Gasteiger partial charge in [-0.15, -0.1) is 0 Å². The second kappa shape index (κ2) is 8.42. The van der Waals surface area contributed by atoms with E-state index in [1.807, 2.05) is 0 Å². The molecule has 0 aromatic carbocycles. The number of nitrogens with one attached hydrogen (secondary N) is 1. The molecule has 0 radical (unpaired) electrons. The molecular weight excluding hydrogens is 254 g/mol. The number of aromatic nitrogens is 1. The van der Waals surface area contributed by atoms with E-state index in [4.69, 9.17) is 9.47 Å². The lowest BCUT2D eigenvalue weighted by atomic mass is 10.2. The molecule has 1 aromatic heterocycles. The number of morpholine rings is 1. The van der Waals surface area contributed by atoms with E-state index in [2.05, 4.69) is 40.0 Å². The van der Waals surface area contributed by atoms with Crippen LogP contribution in [-0.2, 0) is 22.6 Å². The average molecular weight is 281 g/mol. The molecule has 1 aliphatic rings. The van der Waals surface area contributed by atoms with Crippen molar-refractivity contribution >= 4 is 0 Å². The second-order valence-electron chi connectivity index (χ2n) is 5.21. The van der Waals surface area contributed by atoms with Gasteiger partial charge in [-0.05, 0) is 18.7 Å². The molecule has 1 aromatic rings. The second-order valence-corrected chi connectivity index (χ2v) is 5.21. The molecule has 1 unspecified atom stereocenters. The first-order valence-corrected chi connectivity index (χ1v) is 7.51. The molecular formula is C15H27N3O2. The summed E-state index contributed by atoms with van der Waals surface area (Å²) in [4.78, 5) is 2.45. The van der Waals surface area contributed by atoms with Crippen molar-refractivity contribution in [3.63, 3.8) is 0 Å². The molecule has 20 heavy (non-hydrogen) atoms. The maximum atomic E-state index is 5.88. The molecule has 0 aliphatic carbocycles. The van der Waals surface area contributed by atoms with Gasteiger partial charge in [-0.1, -0.05) is 6.92 Å². The van der Waals surface area contributed by atoms with Gasteiger partial charge in [0.05, 0.1) is 19.3 Å². The summed E-state index contributed by atoms with van der Waals surface area (Å²) in [7, 11) is 1.73. The van der Waals surface area contributed by atoms with Crippen molar-refractivity contribution in [3.05, 3.63) is 24.0 Å². The molecule has 2 rings (SSSR count). The third kappa shape index (κ3) is 4.59. The lowest BCUT2D eigenvalue weighted by Gasteiger charge is -2.32. The van der Waals surface area contributed by atoms with Crippen LogP contribution in [0.3, 0.4) is 0 Å². The van der Waals surface area contributed by atoms with Crippen LogP contribution >= 0.6 is 0 Å². The van der Waals surface area contributed by atoms with Crippen molar-refractivity contribution in [1.82, 2.24) is 14.8 Å². The molecule has 2 heterocycles. The van der Waals surface area contributed by atoms with Crippen LogP contribution in [0.2, 0.25) is 0 Å². The minimum atomic E-state index is 0.300. The van der Waals surface area contributed by atoms with E-state index in [1.165, 1.54) is 5.69 Å². The fraction of sp³-hybridized carbons (Fsp3) is 0.733. The normalized spacial score (nSPS) is 20.4. The van der Waals surface area contributed by atoms with Crippen molar-refractivity contribution in [2.45, 2.75) is 26.1 Å². The molecule has 1 saturated heterocycles. The first-order chi connectivity index (χ1) is 9.83. The van der Waals surface area contributed by atoms with Crippen molar-refractivity contribution < 1.29 is 9.47 Å². The summed E-state index contributed by atoms with van der Waals surface area (Å²) in [6.45, 7) is 9.70. The van der Waals surface area contributed by atoms with Crippen LogP contribution in [-0.4, -0.2) is 62.1 Å². The summed E-state index contributed by atoms with van der Waals surface area (Å²) in [5.41, 5.74) is 1.30. The zero-order valence-corrected chi connectivity index (χ0v) is 12.7. The number of rotatable bonds is 8. The maximum absolute atomic E-state index is 5.88. The van der Waals surface area contributed by atoms with Gasteiger partial charge in [0.2, 0.25) is 0 Å². The van der Waals surface area contributed by atoms with Gasteiger partial charge in [0, 0.05) is 51.7 Å². The third-order valence-electron chi connectivity index (χ3n) is 3.78. The predicted octanol–water partition coefficient (Wildman–Crippen LogP) is 0.945. The summed E-state index contributed by atoms with van der Waals surface area (Å²) in [5.74, 6) is 0. The number of hydrogen-bond donors (Lipinski definition) is 1. The Morgan fingerprint density at radius 3 is 3.20 bits per heavy atom. The van der Waals surface area contributed by atoms with Gasteiger partial charge >= 0.3 is 0 Å². The van der Waals surface area contributed by atoms with E-state index in [0.717, 1.165) is 52.5 Å². The van der Waals surface area contributed by atoms with Gasteiger partial charge in [0.15, 0.2) is 0 Å². The monoisotopic (exact) mass is 281 g/mol. The first-order valence-electron chi connectivity index (χ1n) is 7.51. The van der Waals surface area contributed by atoms with E-state index in [1.54, 1.807) is 7.11 Å². The quantitative estimate of drug-likeness (QED) is 0.720. The molecule has 0 saturated carbocycles. The lowest BCUT2D eigenvalue weighted by molar-refractivity contribution is -0.0345. The highest BCUT2D eigenvalue weighted by Gasteiger charge is 2.19. The number of methoxy groups -OCH3 is 1. The Kier molecular flexibility index (Phi) is 6.53. The van der Waals surface area contributed by atoms with E-state index < -0.39 is 0 Å². The number of likely N-dealkylation sites (N-methyl/N-ethyl adjacent to an activating group) is 1. The summed E-state index contributed by atoms with van der Waals surface area (Å²) < 4.78 is 13.2. The summed E-state index contributed by atoms with van der Waals surface area (Å²) in [5, 5.41) is 3.39. The SMILES string of the molecule is CCN1CCOC(Cn2cccc2CNCCOC)C1. The van der Waals surface area contributed by atoms with Gasteiger partial charge in [-0.25, -0.2) is 0 Å². The van der Waals surface area contributed by atoms with Gasteiger partial charge in [0.1, 0.15) is 0 Å². The Hall–Kier alpha value is -0.880. The van der Waals surface area contributed by atoms with Crippen molar-refractivity contribution in [1.29, 1.82) is 0 Å². The predicted molar refractivity (Wildman–Crippen MR) is 79.9 cm³/mol. The molecule has 1 aliphatic heterocycles. The largest absolute Gasteiger partial charge is 0.383 e. The van der Waals surface area contributed by atoms with Crippen LogP contribution in [0.5, 0.6) is 0 Å². The minimum absolute atomic E-state index is 0.300. The van der Waals surface area contributed by atoms with Crippen LogP contribution < -0.4 is 5.32 Å². The lowest BCUT2D eigenvalue weighted by Crippen LogP contribution is -2.44. The van der Waals surface area contributed by atoms with Gasteiger partial charge in [-0.3, -0.25) is 4.90 Å². The summed E-state index contributed by atoms with van der Waals surface area (Å²) in [6, 6.07) is 4.27. The Bertz CT molecular complexity index is 381. The fourth-order valence-corrected chi connectivity index (χ4v) is 2.58. The Morgan fingerprint density at radius 2 is 2.40 bits per heavy atom. The Labute approximate surface area is 121 Å². The Morgan fingerprint density at radius 1 is 1.50 bits per heavy atom. The first kappa shape index (κ1) is 15.5. The highest BCUT2D eigenvalue weighted by molar-refractivity contribution is 5.07. The van der Waals surface area contributed by atoms with Crippen LogP contribution in [0.15, 0.2) is 18.3 Å². The molecule has 0 bridgehead atoms. The highest BCUT2D eigenvalue weighted by Crippen LogP contribution is 2.10. The molecule has 114 valence electrons. The van der Waals surface area contributed by atoms with E-state index in [-0.39, 0.29) is 0 Å². The van der Waals surface area contributed by atoms with Crippen LogP contribution in [0, 0.1) is 0 Å². The van der Waals surface area contributed by atoms with Gasteiger partial charge in [-0.2, -0.15) is 0 Å². The fourth-order valence-electron chi connectivity index (χ4n) is 2.58. The standard InChI is InChI=1S/C15H27N3O2/c1-3-17-8-10-20-15(12-17)13-18-7-4-5-14(18)11-16-6-9-19-2/h4-5,7,15-16H,3,6,8-13H2,1-2H3. The number of nitrogens with zero attached hydrogens (tertiary/aromatic N) is 2. The molecule has 1 fully saturated rings. The van der Waals surface area contributed by atoms with E-state index >= 15 is 0 Å². The third-order valence-corrected chi connectivity index (χ3v) is 3.78. The molecule has 0 amide bonds. The van der Waals surface area contributed by atoms with Gasteiger partial charge in [0.25, 0.3) is 0 Å². The Balaban J connectivity index is 1.81. The van der Waals surface area contributed by atoms with E-state index in [0.29, 0.717) is 6.10 Å². The van der Waals surface area contributed by atoms with Crippen molar-refractivity contribution in [2.75, 3.05) is 46.5 Å². The van der Waals surface area contributed by atoms with Crippen LogP contribution in [0.4, 0.5) is 0 Å². The average Bonchev–Trinajstić information content (AvgIpc) is 2.91. The van der Waals surface area contributed by atoms with Crippen LogP contribution in [0.25, 0.3) is 0 Å². The van der Waals surface area contributed by atoms with Crippen LogP contribution in [0.1, 0.15) is 12.6 Å². The zero-order chi connectivity index (χ0) is 14.2. The number of hydrogen-bond acceptors (Lipinski definition) is 4. The van der Waals surface area contributed by atoms with Crippen molar-refractivity contribution in [3.8, 4) is 0 Å². The highest BCUT2D eigenvalue weighted by atomic mass is 16.5. The molecule has 1 atom stereocenters. The smallest absolute Gasteiger partial charge is 0.0881 e. The molecule has 1 N–H and O–H groups in total. The van der Waals surface area contributed by atoms with E-state index in [9.17, 15) is 0 Å². The summed E-state index contributed by atoms with van der Waals surface area (Å²) in [6.07, 6.45) is 2.44. The molecule has 0 spiro atoms. The summed E-state index contributed by atoms with van der Waals surface area (Å²) >= 11 is 0. The number of ether oxygens (including phenoxy) is 2. The van der Waals surface area contributed by atoms with Gasteiger partial charge < -0.3 is 19.4 Å². The minimum Gasteiger partial charge on any atom is -0.383 e. The topological polar surface area (TPSA) is 38.7 Å².